The van der Waals surface area contributed by atoms with Crippen molar-refractivity contribution in [2.24, 2.45) is 0 Å². The molecule has 2 rings (SSSR count). The molecule has 0 radical (unpaired) electrons. The third kappa shape index (κ3) is 5.65. The van der Waals surface area contributed by atoms with Crippen molar-refractivity contribution in [2.45, 2.75) is 26.3 Å². The van der Waals surface area contributed by atoms with Crippen LogP contribution in [0.4, 0.5) is 0 Å². The topological polar surface area (TPSA) is 76.0 Å². The van der Waals surface area contributed by atoms with E-state index in [-0.39, 0.29) is 30.3 Å². The first-order chi connectivity index (χ1) is 10.7. The van der Waals surface area contributed by atoms with Gasteiger partial charge < -0.3 is 10.6 Å². The number of para-hydroxylation sites is 1. The quantitative estimate of drug-likeness (QED) is 0.712. The highest BCUT2D eigenvalue weighted by atomic mass is 35.5. The van der Waals surface area contributed by atoms with Gasteiger partial charge in [0.05, 0.1) is 17.2 Å². The Morgan fingerprint density at radius 2 is 2.00 bits per heavy atom. The predicted octanol–water partition coefficient (Wildman–Crippen LogP) is 1.32. The number of nitrogens with one attached hydrogen (secondary N) is 2. The fourth-order valence-corrected chi connectivity index (χ4v) is 2.17. The minimum absolute atomic E-state index is 0. The van der Waals surface area contributed by atoms with Gasteiger partial charge in [-0.25, -0.2) is 4.98 Å². The summed E-state index contributed by atoms with van der Waals surface area (Å²) < 4.78 is 1.48. The van der Waals surface area contributed by atoms with Crippen molar-refractivity contribution in [3.05, 3.63) is 40.9 Å². The molecule has 0 aliphatic heterocycles. The number of benzene rings is 1. The lowest BCUT2D eigenvalue weighted by Crippen LogP contribution is -2.33. The van der Waals surface area contributed by atoms with Crippen LogP contribution in [0, 0.1) is 0 Å². The van der Waals surface area contributed by atoms with Crippen molar-refractivity contribution in [2.75, 3.05) is 19.6 Å². The molecule has 0 unspecified atom stereocenters. The molecule has 0 saturated heterocycles. The summed E-state index contributed by atoms with van der Waals surface area (Å²) >= 11 is 0. The van der Waals surface area contributed by atoms with Gasteiger partial charge in [0, 0.05) is 26.1 Å². The standard InChI is InChI=1S/C16H22N4O2.ClH/c1-2-8-17-9-10-18-15(21)7-11-20-12-19-14-6-4-3-5-13(14)16(20)22;/h3-6,12,17H,2,7-11H2,1H3,(H,18,21);1H. The van der Waals surface area contributed by atoms with Crippen LogP contribution in [0.2, 0.25) is 0 Å². The fourth-order valence-electron chi connectivity index (χ4n) is 2.17. The van der Waals surface area contributed by atoms with E-state index >= 15 is 0 Å². The summed E-state index contributed by atoms with van der Waals surface area (Å²) in [6.07, 6.45) is 2.85. The molecule has 0 fully saturated rings. The third-order valence-electron chi connectivity index (χ3n) is 3.36. The first-order valence-electron chi connectivity index (χ1n) is 7.64. The number of carbonyl (C=O) groups excluding carboxylic acids is 1. The van der Waals surface area contributed by atoms with E-state index in [0.717, 1.165) is 19.5 Å². The molecule has 0 bridgehead atoms. The minimum Gasteiger partial charge on any atom is -0.355 e. The van der Waals surface area contributed by atoms with Crippen LogP contribution in [-0.4, -0.2) is 35.1 Å². The molecule has 0 spiro atoms. The Hall–Kier alpha value is -1.92. The summed E-state index contributed by atoms with van der Waals surface area (Å²) in [6, 6.07) is 7.21. The molecule has 1 heterocycles. The number of fused-ring (bicyclic) bond motifs is 1. The molecule has 0 aliphatic rings. The zero-order chi connectivity index (χ0) is 15.8. The summed E-state index contributed by atoms with van der Waals surface area (Å²) in [4.78, 5) is 28.2. The molecular weight excluding hydrogens is 316 g/mol. The Labute approximate surface area is 141 Å². The van der Waals surface area contributed by atoms with E-state index in [4.69, 9.17) is 0 Å². The SMILES string of the molecule is CCCNCCNC(=O)CCn1cnc2ccccc2c1=O.Cl. The number of carbonyl (C=O) groups is 1. The van der Waals surface area contributed by atoms with E-state index in [2.05, 4.69) is 22.5 Å². The predicted molar refractivity (Wildman–Crippen MR) is 94.0 cm³/mol. The Kier molecular flexibility index (Phi) is 8.29. The van der Waals surface area contributed by atoms with Crippen LogP contribution in [-0.2, 0) is 11.3 Å². The molecule has 1 aromatic heterocycles. The molecular formula is C16H23ClN4O2. The average Bonchev–Trinajstić information content (AvgIpc) is 2.54. The Morgan fingerprint density at radius 3 is 2.78 bits per heavy atom. The number of hydrogen-bond acceptors (Lipinski definition) is 4. The molecule has 0 aliphatic carbocycles. The molecule has 2 aromatic rings. The Balaban J connectivity index is 0.00000264. The lowest BCUT2D eigenvalue weighted by molar-refractivity contribution is -0.121. The molecule has 2 N–H and O–H groups in total. The number of halogens is 1. The van der Waals surface area contributed by atoms with Gasteiger partial charge in [0.15, 0.2) is 0 Å². The second kappa shape index (κ2) is 9.97. The van der Waals surface area contributed by atoms with E-state index < -0.39 is 0 Å². The van der Waals surface area contributed by atoms with Gasteiger partial charge in [-0.3, -0.25) is 14.2 Å². The van der Waals surface area contributed by atoms with Gasteiger partial charge in [-0.1, -0.05) is 19.1 Å². The number of rotatable bonds is 8. The highest BCUT2D eigenvalue weighted by Gasteiger charge is 2.05. The van der Waals surface area contributed by atoms with Crippen molar-refractivity contribution in [3.8, 4) is 0 Å². The normalized spacial score (nSPS) is 10.3. The van der Waals surface area contributed by atoms with Crippen molar-refractivity contribution in [1.82, 2.24) is 20.2 Å². The van der Waals surface area contributed by atoms with Crippen LogP contribution >= 0.6 is 12.4 Å². The van der Waals surface area contributed by atoms with Gasteiger partial charge in [-0.15, -0.1) is 12.4 Å². The summed E-state index contributed by atoms with van der Waals surface area (Å²) in [5.41, 5.74) is 0.568. The second-order valence-electron chi connectivity index (χ2n) is 5.11. The number of amides is 1. The molecule has 1 aromatic carbocycles. The van der Waals surface area contributed by atoms with Gasteiger partial charge >= 0.3 is 0 Å². The van der Waals surface area contributed by atoms with E-state index in [1.807, 2.05) is 12.1 Å². The Morgan fingerprint density at radius 1 is 1.22 bits per heavy atom. The van der Waals surface area contributed by atoms with E-state index in [9.17, 15) is 9.59 Å². The molecule has 0 saturated carbocycles. The average molecular weight is 339 g/mol. The van der Waals surface area contributed by atoms with E-state index in [0.29, 0.717) is 24.0 Å². The summed E-state index contributed by atoms with van der Waals surface area (Å²) in [5, 5.41) is 6.62. The van der Waals surface area contributed by atoms with E-state index in [1.54, 1.807) is 12.1 Å². The van der Waals surface area contributed by atoms with Gasteiger partial charge in [0.2, 0.25) is 5.91 Å². The van der Waals surface area contributed by atoms with Gasteiger partial charge in [-0.05, 0) is 25.1 Å². The van der Waals surface area contributed by atoms with Gasteiger partial charge in [0.25, 0.3) is 5.56 Å². The number of hydrogen-bond donors (Lipinski definition) is 2. The monoisotopic (exact) mass is 338 g/mol. The maximum atomic E-state index is 12.3. The summed E-state index contributed by atoms with van der Waals surface area (Å²) in [7, 11) is 0. The summed E-state index contributed by atoms with van der Waals surface area (Å²) in [6.45, 7) is 4.75. The van der Waals surface area contributed by atoms with Crippen LogP contribution in [0.3, 0.4) is 0 Å². The van der Waals surface area contributed by atoms with E-state index in [1.165, 1.54) is 10.9 Å². The van der Waals surface area contributed by atoms with Crippen LogP contribution in [0.15, 0.2) is 35.4 Å². The van der Waals surface area contributed by atoms with Crippen molar-refractivity contribution < 1.29 is 4.79 Å². The number of nitrogens with zero attached hydrogens (tertiary/aromatic N) is 2. The second-order valence-corrected chi connectivity index (χ2v) is 5.11. The molecule has 23 heavy (non-hydrogen) atoms. The maximum absolute atomic E-state index is 12.3. The highest BCUT2D eigenvalue weighted by Crippen LogP contribution is 2.04. The molecule has 0 atom stereocenters. The van der Waals surface area contributed by atoms with Gasteiger partial charge in [-0.2, -0.15) is 0 Å². The smallest absolute Gasteiger partial charge is 0.261 e. The lowest BCUT2D eigenvalue weighted by Gasteiger charge is -2.08. The Bertz CT molecular complexity index is 687. The summed E-state index contributed by atoms with van der Waals surface area (Å²) in [5.74, 6) is -0.0571. The molecule has 7 heteroatoms. The number of aryl methyl sites for hydroxylation is 1. The van der Waals surface area contributed by atoms with Gasteiger partial charge in [0.1, 0.15) is 0 Å². The fraction of sp³-hybridized carbons (Fsp3) is 0.438. The molecule has 6 nitrogen and oxygen atoms in total. The number of aromatic nitrogens is 2. The zero-order valence-electron chi connectivity index (χ0n) is 13.2. The minimum atomic E-state index is -0.108. The first-order valence-corrected chi connectivity index (χ1v) is 7.64. The zero-order valence-corrected chi connectivity index (χ0v) is 14.1. The van der Waals surface area contributed by atoms with Crippen molar-refractivity contribution >= 4 is 29.2 Å². The van der Waals surface area contributed by atoms with Crippen LogP contribution in [0.1, 0.15) is 19.8 Å². The van der Waals surface area contributed by atoms with Crippen LogP contribution in [0.5, 0.6) is 0 Å². The maximum Gasteiger partial charge on any atom is 0.261 e. The highest BCUT2D eigenvalue weighted by molar-refractivity contribution is 5.85. The molecule has 126 valence electrons. The third-order valence-corrected chi connectivity index (χ3v) is 3.36. The largest absolute Gasteiger partial charge is 0.355 e. The molecule has 1 amide bonds. The lowest BCUT2D eigenvalue weighted by atomic mass is 10.2. The van der Waals surface area contributed by atoms with Crippen molar-refractivity contribution in [3.63, 3.8) is 0 Å². The van der Waals surface area contributed by atoms with Crippen LogP contribution in [0.25, 0.3) is 10.9 Å². The van der Waals surface area contributed by atoms with Crippen molar-refractivity contribution in [1.29, 1.82) is 0 Å². The van der Waals surface area contributed by atoms with Crippen LogP contribution < -0.4 is 16.2 Å². The first kappa shape index (κ1) is 19.1.